The maximum absolute atomic E-state index is 4.83. The minimum Gasteiger partial charge on any atom is -0.382 e. The summed E-state index contributed by atoms with van der Waals surface area (Å²) in [6, 6.07) is 8.83. The number of hydrogen-bond acceptors (Lipinski definition) is 1. The highest BCUT2D eigenvalue weighted by Crippen LogP contribution is 2.31. The van der Waals surface area contributed by atoms with Crippen LogP contribution in [-0.2, 0) is 17.6 Å². The predicted molar refractivity (Wildman–Crippen MR) is 170 cm³/mol. The quantitative estimate of drug-likeness (QED) is 0.325. The molecule has 0 saturated heterocycles. The van der Waals surface area contributed by atoms with Crippen LogP contribution in [0.25, 0.3) is 0 Å². The number of ether oxygens (including phenoxy) is 1. The van der Waals surface area contributed by atoms with E-state index in [4.69, 9.17) is 4.74 Å². The minimum absolute atomic E-state index is 0. The minimum atomic E-state index is 0. The van der Waals surface area contributed by atoms with Crippen LogP contribution in [-0.4, -0.2) is 13.2 Å². The van der Waals surface area contributed by atoms with Crippen LogP contribution in [0.5, 0.6) is 0 Å². The van der Waals surface area contributed by atoms with Gasteiger partial charge >= 0.3 is 0 Å². The fraction of sp³-hybridized carbons (Fsp3) is 0.765. The Morgan fingerprint density at radius 2 is 0.857 bits per heavy atom. The first-order valence-corrected chi connectivity index (χ1v) is 13.4. The normalized spacial score (nSPS) is 15.5. The topological polar surface area (TPSA) is 9.23 Å². The van der Waals surface area contributed by atoms with Crippen molar-refractivity contribution in [1.82, 2.24) is 0 Å². The van der Waals surface area contributed by atoms with E-state index < -0.39 is 0 Å². The number of aryl methyl sites for hydroxylation is 2. The maximum atomic E-state index is 4.83. The van der Waals surface area contributed by atoms with E-state index in [1.54, 1.807) is 0 Å². The van der Waals surface area contributed by atoms with E-state index in [1.807, 2.05) is 13.8 Å². The highest BCUT2D eigenvalue weighted by molar-refractivity contribution is 5.22. The summed E-state index contributed by atoms with van der Waals surface area (Å²) in [4.78, 5) is 0. The number of hydrogen-bond donors (Lipinski definition) is 0. The SMILES string of the molecule is C.C.C.C.CCC1CCC(CC)CC1.CCC=CCC.CCOCC.CCc1ccc(CC)cc1. The second-order valence-corrected chi connectivity index (χ2v) is 8.30. The van der Waals surface area contributed by atoms with Gasteiger partial charge in [0.05, 0.1) is 0 Å². The van der Waals surface area contributed by atoms with Crippen molar-refractivity contribution in [2.45, 2.75) is 149 Å². The molecule has 1 aliphatic carbocycles. The second-order valence-electron chi connectivity index (χ2n) is 8.30. The molecule has 0 N–H and O–H groups in total. The summed E-state index contributed by atoms with van der Waals surface area (Å²) in [5.41, 5.74) is 2.86. The van der Waals surface area contributed by atoms with Crippen LogP contribution in [0.2, 0.25) is 0 Å². The number of rotatable bonds is 8. The second kappa shape index (κ2) is 37.5. The molecule has 214 valence electrons. The zero-order valence-electron chi connectivity index (χ0n) is 22.5. The molecule has 2 rings (SSSR count). The Kier molecular flexibility index (Phi) is 50.5. The first kappa shape index (κ1) is 47.2. The average Bonchev–Trinajstić information content (AvgIpc) is 2.84. The molecule has 0 radical (unpaired) electrons. The van der Waals surface area contributed by atoms with E-state index in [0.29, 0.717) is 0 Å². The molecule has 1 saturated carbocycles. The Bertz CT molecular complexity index is 423. The first-order valence-electron chi connectivity index (χ1n) is 13.4. The fourth-order valence-electron chi connectivity index (χ4n) is 3.60. The monoisotopic (exact) mass is 497 g/mol. The summed E-state index contributed by atoms with van der Waals surface area (Å²) >= 11 is 0. The lowest BCUT2D eigenvalue weighted by molar-refractivity contribution is 0.162. The molecule has 1 aliphatic rings. The molecule has 0 atom stereocenters. The fourth-order valence-corrected chi connectivity index (χ4v) is 3.60. The number of allylic oxidation sites excluding steroid dienone is 2. The van der Waals surface area contributed by atoms with Gasteiger partial charge in [0.2, 0.25) is 0 Å². The summed E-state index contributed by atoms with van der Waals surface area (Å²) in [5.74, 6) is 2.14. The van der Waals surface area contributed by atoms with Crippen molar-refractivity contribution in [3.05, 3.63) is 47.5 Å². The molecule has 1 fully saturated rings. The van der Waals surface area contributed by atoms with Gasteiger partial charge in [0.25, 0.3) is 0 Å². The standard InChI is InChI=1S/C10H20.C10H14.C6H12.C4H10O.4CH4/c2*1-3-9-5-7-10(4-2)8-6-9;1-3-5-6-4-2;1-3-5-4-2;;;;/h9-10H,3-8H2,1-2H3;5-8H,3-4H2,1-2H3;5-6H,3-4H2,1-2H3;3-4H2,1-2H3;4*1H4. The van der Waals surface area contributed by atoms with Crippen LogP contribution < -0.4 is 0 Å². The summed E-state index contributed by atoms with van der Waals surface area (Å²) in [7, 11) is 0. The lowest BCUT2D eigenvalue weighted by atomic mass is 9.80. The lowest BCUT2D eigenvalue weighted by Crippen LogP contribution is -2.12. The Hall–Kier alpha value is -1.08. The summed E-state index contributed by atoms with van der Waals surface area (Å²) in [5, 5.41) is 0. The van der Waals surface area contributed by atoms with E-state index >= 15 is 0 Å². The lowest BCUT2D eigenvalue weighted by Gasteiger charge is -2.26. The van der Waals surface area contributed by atoms with Gasteiger partial charge in [0.15, 0.2) is 0 Å². The molecule has 0 bridgehead atoms. The Morgan fingerprint density at radius 1 is 0.571 bits per heavy atom. The Labute approximate surface area is 226 Å². The van der Waals surface area contributed by atoms with Crippen LogP contribution in [0.1, 0.15) is 148 Å². The van der Waals surface area contributed by atoms with Crippen LogP contribution in [0.3, 0.4) is 0 Å². The van der Waals surface area contributed by atoms with Crippen LogP contribution >= 0.6 is 0 Å². The summed E-state index contributed by atoms with van der Waals surface area (Å²) < 4.78 is 4.83. The Balaban J connectivity index is -0.0000000802. The van der Waals surface area contributed by atoms with Crippen LogP contribution in [0.4, 0.5) is 0 Å². The summed E-state index contributed by atoms with van der Waals surface area (Å²) in [6.07, 6.45) is 17.9. The molecule has 0 unspecified atom stereocenters. The van der Waals surface area contributed by atoms with E-state index in [9.17, 15) is 0 Å². The van der Waals surface area contributed by atoms with E-state index in [2.05, 4.69) is 78.0 Å². The largest absolute Gasteiger partial charge is 0.382 e. The third kappa shape index (κ3) is 30.9. The van der Waals surface area contributed by atoms with Gasteiger partial charge in [-0.05, 0) is 62.5 Å². The molecule has 0 amide bonds. The zero-order valence-corrected chi connectivity index (χ0v) is 22.5. The van der Waals surface area contributed by atoms with Gasteiger partial charge in [-0.3, -0.25) is 0 Å². The van der Waals surface area contributed by atoms with Gasteiger partial charge in [-0.1, -0.05) is 146 Å². The van der Waals surface area contributed by atoms with Gasteiger partial charge in [-0.25, -0.2) is 0 Å². The molecule has 0 aromatic heterocycles. The molecule has 1 aromatic carbocycles. The Morgan fingerprint density at radius 3 is 1.00 bits per heavy atom. The van der Waals surface area contributed by atoms with Crippen molar-refractivity contribution in [3.63, 3.8) is 0 Å². The van der Waals surface area contributed by atoms with Crippen molar-refractivity contribution < 1.29 is 4.74 Å². The van der Waals surface area contributed by atoms with Crippen molar-refractivity contribution in [3.8, 4) is 0 Å². The average molecular weight is 497 g/mol. The van der Waals surface area contributed by atoms with Gasteiger partial charge < -0.3 is 4.74 Å². The van der Waals surface area contributed by atoms with Gasteiger partial charge in [0.1, 0.15) is 0 Å². The van der Waals surface area contributed by atoms with Gasteiger partial charge in [-0.2, -0.15) is 0 Å². The molecule has 0 aliphatic heterocycles. The third-order valence-electron chi connectivity index (χ3n) is 6.01. The molecular formula is C34H72O. The van der Waals surface area contributed by atoms with Crippen molar-refractivity contribution in [2.75, 3.05) is 13.2 Å². The molecule has 1 nitrogen and oxygen atoms in total. The van der Waals surface area contributed by atoms with Crippen LogP contribution in [0.15, 0.2) is 36.4 Å². The molecule has 1 aromatic rings. The van der Waals surface area contributed by atoms with E-state index in [0.717, 1.165) is 37.9 Å². The van der Waals surface area contributed by atoms with Crippen LogP contribution in [0, 0.1) is 11.8 Å². The van der Waals surface area contributed by atoms with Crippen molar-refractivity contribution >= 4 is 0 Å². The molecule has 1 heteroatoms. The molecule has 35 heavy (non-hydrogen) atoms. The van der Waals surface area contributed by atoms with Crippen molar-refractivity contribution in [1.29, 1.82) is 0 Å². The highest BCUT2D eigenvalue weighted by atomic mass is 16.5. The van der Waals surface area contributed by atoms with E-state index in [1.165, 1.54) is 62.5 Å². The smallest absolute Gasteiger partial charge is 0.0437 e. The first-order chi connectivity index (χ1) is 15.1. The maximum Gasteiger partial charge on any atom is 0.0437 e. The zero-order chi connectivity index (χ0) is 23.7. The molecule has 0 heterocycles. The predicted octanol–water partition coefficient (Wildman–Crippen LogP) is 12.4. The van der Waals surface area contributed by atoms with Gasteiger partial charge in [-0.15, -0.1) is 0 Å². The highest BCUT2D eigenvalue weighted by Gasteiger charge is 2.17. The van der Waals surface area contributed by atoms with Crippen molar-refractivity contribution in [2.24, 2.45) is 11.8 Å². The molecule has 0 spiro atoms. The van der Waals surface area contributed by atoms with Gasteiger partial charge in [0, 0.05) is 13.2 Å². The van der Waals surface area contributed by atoms with E-state index in [-0.39, 0.29) is 29.7 Å². The summed E-state index contributed by atoms with van der Waals surface area (Å²) in [6.45, 7) is 19.0. The third-order valence-corrected chi connectivity index (χ3v) is 6.01. The molecular weight excluding hydrogens is 424 g/mol. The number of benzene rings is 1.